The van der Waals surface area contributed by atoms with Gasteiger partial charge in [0, 0.05) is 16.9 Å². The van der Waals surface area contributed by atoms with E-state index in [1.54, 1.807) is 0 Å². The summed E-state index contributed by atoms with van der Waals surface area (Å²) >= 11 is 0. The average Bonchev–Trinajstić information content (AvgIpc) is 3.81. The quantitative estimate of drug-likeness (QED) is 0.181. The van der Waals surface area contributed by atoms with E-state index in [0.717, 1.165) is 24.2 Å². The Bertz CT molecular complexity index is 2790. The zero-order valence-corrected chi connectivity index (χ0v) is 28.1. The molecule has 1 atom stereocenters. The molecule has 0 amide bonds. The first-order valence-corrected chi connectivity index (χ1v) is 18.1. The van der Waals surface area contributed by atoms with Crippen LogP contribution in [0.4, 0.5) is 0 Å². The summed E-state index contributed by atoms with van der Waals surface area (Å²) in [5.74, 6) is 1.26. The maximum Gasteiger partial charge on any atom is 0.135 e. The monoisotopic (exact) mass is 650 g/mol. The summed E-state index contributed by atoms with van der Waals surface area (Å²) in [4.78, 5) is 0. The molecule has 0 fully saturated rings. The molecule has 1 spiro atoms. The van der Waals surface area contributed by atoms with E-state index in [1.165, 1.54) is 82.6 Å². The third kappa shape index (κ3) is 4.09. The van der Waals surface area contributed by atoms with Crippen molar-refractivity contribution in [1.29, 1.82) is 0 Å². The van der Waals surface area contributed by atoms with Gasteiger partial charge in [-0.3, -0.25) is 0 Å². The molecular weight excluding hydrogens is 617 g/mol. The van der Waals surface area contributed by atoms with Gasteiger partial charge in [-0.25, -0.2) is 0 Å². The first-order chi connectivity index (χ1) is 25.3. The van der Waals surface area contributed by atoms with E-state index in [4.69, 9.17) is 4.42 Å². The van der Waals surface area contributed by atoms with Gasteiger partial charge in [0.15, 0.2) is 0 Å². The fourth-order valence-electron chi connectivity index (χ4n) is 9.44. The lowest BCUT2D eigenvalue weighted by molar-refractivity contribution is 0.506. The second-order valence-corrected chi connectivity index (χ2v) is 14.3. The van der Waals surface area contributed by atoms with Crippen molar-refractivity contribution in [2.24, 2.45) is 0 Å². The number of hydrogen-bond donors (Lipinski definition) is 0. The minimum absolute atomic E-state index is 0.215. The van der Waals surface area contributed by atoms with Crippen LogP contribution in [0, 0.1) is 0 Å². The number of rotatable bonds is 5. The lowest BCUT2D eigenvalue weighted by Crippen LogP contribution is -2.25. The first kappa shape index (κ1) is 28.6. The second-order valence-electron chi connectivity index (χ2n) is 14.3. The lowest BCUT2D eigenvalue weighted by atomic mass is 9.72. The van der Waals surface area contributed by atoms with Gasteiger partial charge in [0.1, 0.15) is 16.8 Å². The molecule has 1 heteroatoms. The van der Waals surface area contributed by atoms with Crippen molar-refractivity contribution < 1.29 is 4.42 Å². The van der Waals surface area contributed by atoms with Gasteiger partial charge in [-0.2, -0.15) is 0 Å². The summed E-state index contributed by atoms with van der Waals surface area (Å²) in [6.07, 6.45) is 2.00. The van der Waals surface area contributed by atoms with Gasteiger partial charge in [0.25, 0.3) is 0 Å². The van der Waals surface area contributed by atoms with E-state index < -0.39 is 5.41 Å². The maximum absolute atomic E-state index is 7.02. The fourth-order valence-corrected chi connectivity index (χ4v) is 9.44. The summed E-state index contributed by atoms with van der Waals surface area (Å²) in [7, 11) is 0. The molecule has 2 aliphatic rings. The summed E-state index contributed by atoms with van der Waals surface area (Å²) in [6, 6.07) is 65.2. The number of hydrogen-bond acceptors (Lipinski definition) is 1. The molecule has 0 saturated carbocycles. The highest BCUT2D eigenvalue weighted by molar-refractivity contribution is 6.04. The van der Waals surface area contributed by atoms with Crippen molar-refractivity contribution >= 4 is 32.5 Å². The van der Waals surface area contributed by atoms with Gasteiger partial charge < -0.3 is 4.42 Å². The molecule has 1 nitrogen and oxygen atoms in total. The van der Waals surface area contributed by atoms with Gasteiger partial charge in [-0.05, 0) is 90.5 Å². The molecule has 0 N–H and O–H groups in total. The van der Waals surface area contributed by atoms with Crippen molar-refractivity contribution in [2.45, 2.75) is 24.2 Å². The van der Waals surface area contributed by atoms with E-state index in [1.807, 2.05) is 0 Å². The standard InChI is InChI=1S/C50H34O/c1-3-13-35-29-32(21-23-33(35)11-1)22-27-39(37-25-24-34-12-2-4-14-36(34)30-37)38-26-28-46-43(31-38)48-42-17-7-10-20-47(42)51-49(48)50(46)44-18-8-5-15-40(44)41-16-6-9-19-45(41)50/h1-21,23-26,28-31,39H,22,27H2. The van der Waals surface area contributed by atoms with Gasteiger partial charge in [-0.15, -0.1) is 0 Å². The van der Waals surface area contributed by atoms with Gasteiger partial charge >= 0.3 is 0 Å². The van der Waals surface area contributed by atoms with Crippen molar-refractivity contribution in [2.75, 3.05) is 0 Å². The Hall–Kier alpha value is -6.18. The van der Waals surface area contributed by atoms with Gasteiger partial charge in [0.05, 0.1) is 0 Å². The molecule has 240 valence electrons. The summed E-state index contributed by atoms with van der Waals surface area (Å²) in [6.45, 7) is 0. The molecule has 9 aromatic rings. The Kier molecular flexibility index (Phi) is 6.13. The van der Waals surface area contributed by atoms with Crippen LogP contribution in [-0.2, 0) is 11.8 Å². The van der Waals surface area contributed by atoms with Gasteiger partial charge in [-0.1, -0.05) is 170 Å². The highest BCUT2D eigenvalue weighted by atomic mass is 16.3. The molecule has 0 aliphatic heterocycles. The Morgan fingerprint density at radius 3 is 1.78 bits per heavy atom. The van der Waals surface area contributed by atoms with Crippen LogP contribution < -0.4 is 0 Å². The largest absolute Gasteiger partial charge is 0.459 e. The maximum atomic E-state index is 7.02. The molecule has 2 aliphatic carbocycles. The molecular formula is C50H34O. The fraction of sp³-hybridized carbons (Fsp3) is 0.0800. The van der Waals surface area contributed by atoms with Crippen LogP contribution >= 0.6 is 0 Å². The third-order valence-electron chi connectivity index (χ3n) is 11.7. The van der Waals surface area contributed by atoms with E-state index in [-0.39, 0.29) is 5.92 Å². The van der Waals surface area contributed by atoms with Crippen molar-refractivity contribution in [3.63, 3.8) is 0 Å². The highest BCUT2D eigenvalue weighted by Gasteiger charge is 2.55. The van der Waals surface area contributed by atoms with E-state index >= 15 is 0 Å². The number of benzene rings is 8. The zero-order chi connectivity index (χ0) is 33.5. The Morgan fingerprint density at radius 1 is 0.451 bits per heavy atom. The predicted octanol–water partition coefficient (Wildman–Crippen LogP) is 12.8. The van der Waals surface area contributed by atoms with Crippen LogP contribution in [0.15, 0.2) is 180 Å². The minimum Gasteiger partial charge on any atom is -0.459 e. The van der Waals surface area contributed by atoms with E-state index in [2.05, 4.69) is 176 Å². The van der Waals surface area contributed by atoms with Crippen molar-refractivity contribution in [3.05, 3.63) is 215 Å². The van der Waals surface area contributed by atoms with Crippen LogP contribution in [0.1, 0.15) is 51.5 Å². The molecule has 0 radical (unpaired) electrons. The van der Waals surface area contributed by atoms with E-state index in [0.29, 0.717) is 0 Å². The molecule has 0 saturated heterocycles. The number of aryl methyl sites for hydroxylation is 1. The van der Waals surface area contributed by atoms with Crippen molar-refractivity contribution in [3.8, 4) is 22.3 Å². The average molecular weight is 651 g/mol. The molecule has 51 heavy (non-hydrogen) atoms. The molecule has 1 unspecified atom stereocenters. The Labute approximate surface area is 297 Å². The molecule has 1 heterocycles. The number of furan rings is 1. The molecule has 8 aromatic carbocycles. The normalized spacial score (nSPS) is 14.1. The zero-order valence-electron chi connectivity index (χ0n) is 28.1. The summed E-state index contributed by atoms with van der Waals surface area (Å²) < 4.78 is 7.02. The summed E-state index contributed by atoms with van der Waals surface area (Å²) in [5.41, 5.74) is 13.6. The lowest BCUT2D eigenvalue weighted by Gasteiger charge is -2.28. The first-order valence-electron chi connectivity index (χ1n) is 18.1. The minimum atomic E-state index is -0.501. The topological polar surface area (TPSA) is 13.1 Å². The third-order valence-corrected chi connectivity index (χ3v) is 11.7. The molecule has 1 aromatic heterocycles. The Morgan fingerprint density at radius 2 is 1.02 bits per heavy atom. The predicted molar refractivity (Wildman–Crippen MR) is 211 cm³/mol. The summed E-state index contributed by atoms with van der Waals surface area (Å²) in [5, 5.41) is 6.34. The van der Waals surface area contributed by atoms with Crippen LogP contribution in [-0.4, -0.2) is 0 Å². The van der Waals surface area contributed by atoms with Crippen LogP contribution in [0.2, 0.25) is 0 Å². The van der Waals surface area contributed by atoms with Gasteiger partial charge in [0.2, 0.25) is 0 Å². The van der Waals surface area contributed by atoms with Crippen LogP contribution in [0.3, 0.4) is 0 Å². The van der Waals surface area contributed by atoms with Crippen molar-refractivity contribution in [1.82, 2.24) is 0 Å². The second kappa shape index (κ2) is 10.9. The number of fused-ring (bicyclic) bond motifs is 14. The van der Waals surface area contributed by atoms with Crippen LogP contribution in [0.5, 0.6) is 0 Å². The number of para-hydroxylation sites is 1. The Balaban J connectivity index is 1.12. The smallest absolute Gasteiger partial charge is 0.135 e. The van der Waals surface area contributed by atoms with Crippen LogP contribution in [0.25, 0.3) is 54.8 Å². The molecule has 0 bridgehead atoms. The van der Waals surface area contributed by atoms with E-state index in [9.17, 15) is 0 Å². The molecule has 11 rings (SSSR count). The highest BCUT2D eigenvalue weighted by Crippen LogP contribution is 2.64. The SMILES string of the molecule is c1ccc2c(c1)-c1ccccc1C21c2ccc(C(CCc3ccc4ccccc4c3)c3ccc4ccccc4c3)cc2-c2c1oc1ccccc21.